The number of aromatic nitrogens is 1. The van der Waals surface area contributed by atoms with Crippen LogP contribution in [0.2, 0.25) is 0 Å². The molecule has 4 heteroatoms. The normalized spacial score (nSPS) is 29.1. The molecule has 20 heavy (non-hydrogen) atoms. The average Bonchev–Trinajstić information content (AvgIpc) is 2.47. The molecule has 110 valence electrons. The number of hydrogen-bond acceptors (Lipinski definition) is 4. The highest BCUT2D eigenvalue weighted by Gasteiger charge is 2.34. The first-order valence-electron chi connectivity index (χ1n) is 7.82. The van der Waals surface area contributed by atoms with Gasteiger partial charge < -0.3 is 15.5 Å². The van der Waals surface area contributed by atoms with Gasteiger partial charge in [-0.1, -0.05) is 0 Å². The summed E-state index contributed by atoms with van der Waals surface area (Å²) in [7, 11) is 2.28. The fraction of sp³-hybridized carbons (Fsp3) is 0.688. The van der Waals surface area contributed by atoms with Gasteiger partial charge in [-0.25, -0.2) is 4.98 Å². The lowest BCUT2D eigenvalue weighted by atomic mass is 9.84. The van der Waals surface area contributed by atoms with E-state index in [1.807, 2.05) is 19.2 Å². The van der Waals surface area contributed by atoms with E-state index in [0.717, 1.165) is 30.9 Å². The molecule has 0 saturated carbocycles. The zero-order valence-electron chi connectivity index (χ0n) is 12.6. The number of likely N-dealkylation sites (tertiary alicyclic amines) is 1. The van der Waals surface area contributed by atoms with Crippen molar-refractivity contribution in [1.82, 2.24) is 9.88 Å². The van der Waals surface area contributed by atoms with Crippen molar-refractivity contribution in [3.63, 3.8) is 0 Å². The Morgan fingerprint density at radius 3 is 3.00 bits per heavy atom. The third-order valence-electron chi connectivity index (χ3n) is 4.97. The van der Waals surface area contributed by atoms with Crippen LogP contribution in [0.1, 0.15) is 37.8 Å². The lowest BCUT2D eigenvalue weighted by Crippen LogP contribution is -2.52. The quantitative estimate of drug-likeness (QED) is 0.896. The fourth-order valence-electron chi connectivity index (χ4n) is 3.75. The van der Waals surface area contributed by atoms with E-state index in [1.54, 1.807) is 0 Å². The van der Waals surface area contributed by atoms with Gasteiger partial charge in [-0.05, 0) is 63.4 Å². The third-order valence-corrected chi connectivity index (χ3v) is 4.97. The topological polar surface area (TPSA) is 45.4 Å². The predicted octanol–water partition coefficient (Wildman–Crippen LogP) is 2.02. The van der Waals surface area contributed by atoms with Crippen molar-refractivity contribution < 1.29 is 0 Å². The van der Waals surface area contributed by atoms with Crippen molar-refractivity contribution in [3.05, 3.63) is 23.9 Å². The average molecular weight is 274 g/mol. The Morgan fingerprint density at radius 1 is 1.35 bits per heavy atom. The molecule has 1 aromatic heterocycles. The Bertz CT molecular complexity index is 460. The first kappa shape index (κ1) is 13.8. The molecule has 2 N–H and O–H groups in total. The number of piperidine rings is 2. The van der Waals surface area contributed by atoms with Crippen LogP contribution < -0.4 is 10.6 Å². The number of hydrogen-bond donors (Lipinski definition) is 1. The van der Waals surface area contributed by atoms with Gasteiger partial charge in [-0.15, -0.1) is 0 Å². The summed E-state index contributed by atoms with van der Waals surface area (Å²) in [6, 6.07) is 5.04. The second-order valence-electron chi connectivity index (χ2n) is 6.42. The number of pyridine rings is 1. The number of nitrogens with zero attached hydrogens (tertiary/aromatic N) is 3. The van der Waals surface area contributed by atoms with E-state index in [4.69, 9.17) is 5.73 Å². The highest BCUT2D eigenvalue weighted by atomic mass is 15.2. The van der Waals surface area contributed by atoms with E-state index in [1.165, 1.54) is 31.4 Å². The molecule has 4 nitrogen and oxygen atoms in total. The van der Waals surface area contributed by atoms with Crippen LogP contribution in [0.4, 0.5) is 5.82 Å². The maximum Gasteiger partial charge on any atom is 0.128 e. The van der Waals surface area contributed by atoms with Gasteiger partial charge in [0.25, 0.3) is 0 Å². The second kappa shape index (κ2) is 5.70. The molecule has 3 atom stereocenters. The van der Waals surface area contributed by atoms with Crippen LogP contribution in [0, 0.1) is 5.92 Å². The number of nitrogens with two attached hydrogens (primary N) is 1. The molecular weight excluding hydrogens is 248 g/mol. The molecule has 2 aliphatic heterocycles. The Morgan fingerprint density at radius 2 is 2.20 bits per heavy atom. The third kappa shape index (κ3) is 2.67. The zero-order chi connectivity index (χ0) is 14.1. The molecule has 2 aliphatic rings. The van der Waals surface area contributed by atoms with Gasteiger partial charge >= 0.3 is 0 Å². The van der Waals surface area contributed by atoms with Gasteiger partial charge in [0.05, 0.1) is 0 Å². The summed E-state index contributed by atoms with van der Waals surface area (Å²) in [6.07, 6.45) is 5.84. The lowest BCUT2D eigenvalue weighted by Gasteiger charge is -2.46. The minimum absolute atomic E-state index is 0.0788. The maximum absolute atomic E-state index is 5.98. The highest BCUT2D eigenvalue weighted by Crippen LogP contribution is 2.31. The molecular formula is C16H26N4. The SMILES string of the molecule is C[C@H](N)c1ccnc(N2CCC3C(CCCN3C)C2)c1. The van der Waals surface area contributed by atoms with E-state index in [-0.39, 0.29) is 6.04 Å². The highest BCUT2D eigenvalue weighted by molar-refractivity contribution is 5.42. The summed E-state index contributed by atoms with van der Waals surface area (Å²) in [5.74, 6) is 1.90. The minimum Gasteiger partial charge on any atom is -0.356 e. The van der Waals surface area contributed by atoms with Crippen molar-refractivity contribution in [2.45, 2.75) is 38.3 Å². The van der Waals surface area contributed by atoms with E-state index in [9.17, 15) is 0 Å². The van der Waals surface area contributed by atoms with Crippen LogP contribution in [0.5, 0.6) is 0 Å². The molecule has 0 amide bonds. The van der Waals surface area contributed by atoms with E-state index < -0.39 is 0 Å². The smallest absolute Gasteiger partial charge is 0.128 e. The Labute approximate surface area is 122 Å². The maximum atomic E-state index is 5.98. The summed E-state index contributed by atoms with van der Waals surface area (Å²) >= 11 is 0. The molecule has 3 heterocycles. The van der Waals surface area contributed by atoms with Crippen molar-refractivity contribution in [3.8, 4) is 0 Å². The van der Waals surface area contributed by atoms with Gasteiger partial charge in [0, 0.05) is 31.4 Å². The zero-order valence-corrected chi connectivity index (χ0v) is 12.6. The van der Waals surface area contributed by atoms with Crippen LogP contribution >= 0.6 is 0 Å². The van der Waals surface area contributed by atoms with Crippen LogP contribution in [-0.4, -0.2) is 42.6 Å². The summed E-state index contributed by atoms with van der Waals surface area (Å²) < 4.78 is 0. The van der Waals surface area contributed by atoms with Crippen molar-refractivity contribution >= 4 is 5.82 Å². The number of rotatable bonds is 2. The molecule has 0 radical (unpaired) electrons. The molecule has 0 spiro atoms. The first-order valence-corrected chi connectivity index (χ1v) is 7.82. The Kier molecular flexibility index (Phi) is 3.94. The van der Waals surface area contributed by atoms with Gasteiger partial charge in [-0.3, -0.25) is 0 Å². The molecule has 0 bridgehead atoms. The molecule has 0 aliphatic carbocycles. The molecule has 0 aromatic carbocycles. The first-order chi connectivity index (χ1) is 9.65. The van der Waals surface area contributed by atoms with Gasteiger partial charge in [-0.2, -0.15) is 0 Å². The van der Waals surface area contributed by atoms with E-state index >= 15 is 0 Å². The monoisotopic (exact) mass is 274 g/mol. The molecule has 3 rings (SSSR count). The molecule has 1 aromatic rings. The standard InChI is InChI=1S/C16H26N4/c1-12(17)13-5-7-18-16(10-13)20-9-6-15-14(11-20)4-3-8-19(15)2/h5,7,10,12,14-15H,3-4,6,8-9,11,17H2,1-2H3/t12-,14?,15?/m0/s1. The van der Waals surface area contributed by atoms with Crippen LogP contribution in [0.15, 0.2) is 18.3 Å². The molecule has 2 unspecified atom stereocenters. The van der Waals surface area contributed by atoms with E-state index in [0.29, 0.717) is 0 Å². The van der Waals surface area contributed by atoms with Crippen molar-refractivity contribution in [2.24, 2.45) is 11.7 Å². The van der Waals surface area contributed by atoms with Crippen LogP contribution in [0.25, 0.3) is 0 Å². The summed E-state index contributed by atoms with van der Waals surface area (Å²) in [4.78, 5) is 9.56. The Balaban J connectivity index is 1.74. The summed E-state index contributed by atoms with van der Waals surface area (Å²) in [6.45, 7) is 5.55. The lowest BCUT2D eigenvalue weighted by molar-refractivity contribution is 0.102. The summed E-state index contributed by atoms with van der Waals surface area (Å²) in [5.41, 5.74) is 7.16. The van der Waals surface area contributed by atoms with Gasteiger partial charge in [0.2, 0.25) is 0 Å². The number of anilines is 1. The summed E-state index contributed by atoms with van der Waals surface area (Å²) in [5, 5.41) is 0. The van der Waals surface area contributed by atoms with Gasteiger partial charge in [0.1, 0.15) is 5.82 Å². The van der Waals surface area contributed by atoms with E-state index in [2.05, 4.69) is 27.9 Å². The predicted molar refractivity (Wildman–Crippen MR) is 82.8 cm³/mol. The van der Waals surface area contributed by atoms with Gasteiger partial charge in [0.15, 0.2) is 0 Å². The Hall–Kier alpha value is -1.13. The van der Waals surface area contributed by atoms with Crippen molar-refractivity contribution in [2.75, 3.05) is 31.6 Å². The molecule has 2 saturated heterocycles. The fourth-order valence-corrected chi connectivity index (χ4v) is 3.75. The number of fused-ring (bicyclic) bond motifs is 1. The van der Waals surface area contributed by atoms with Crippen molar-refractivity contribution in [1.29, 1.82) is 0 Å². The second-order valence-corrected chi connectivity index (χ2v) is 6.42. The van der Waals surface area contributed by atoms with Crippen LogP contribution in [-0.2, 0) is 0 Å². The largest absolute Gasteiger partial charge is 0.356 e. The molecule has 2 fully saturated rings. The minimum atomic E-state index is 0.0788. The van der Waals surface area contributed by atoms with Crippen LogP contribution in [0.3, 0.4) is 0 Å².